The first kappa shape index (κ1) is 21.9. The van der Waals surface area contributed by atoms with Crippen LogP contribution in [0.25, 0.3) is 0 Å². The van der Waals surface area contributed by atoms with Gasteiger partial charge in [0.15, 0.2) is 0 Å². The predicted molar refractivity (Wildman–Crippen MR) is 100 cm³/mol. The molecular weight excluding hydrogens is 268 g/mol. The van der Waals surface area contributed by atoms with Gasteiger partial charge in [-0.25, -0.2) is 5.43 Å². The van der Waals surface area contributed by atoms with E-state index >= 15 is 0 Å². The average molecular weight is 312 g/mol. The van der Waals surface area contributed by atoms with Crippen molar-refractivity contribution >= 4 is 0 Å². The molecule has 0 unspecified atom stereocenters. The maximum absolute atomic E-state index is 4.35. The zero-order valence-electron chi connectivity index (χ0n) is 15.7. The molecule has 0 aromatic rings. The summed E-state index contributed by atoms with van der Waals surface area (Å²) in [6.45, 7) is 6.56. The van der Waals surface area contributed by atoms with Gasteiger partial charge in [0.2, 0.25) is 0 Å². The third-order valence-electron chi connectivity index (χ3n) is 4.38. The van der Waals surface area contributed by atoms with Crippen LogP contribution in [0.2, 0.25) is 0 Å². The van der Waals surface area contributed by atoms with Crippen LogP contribution in [0, 0.1) is 0 Å². The topological polar surface area (TPSA) is 26.1 Å². The minimum Gasteiger partial charge on any atom is -0.240 e. The van der Waals surface area contributed by atoms with Crippen molar-refractivity contribution in [1.82, 2.24) is 10.9 Å². The van der Waals surface area contributed by atoms with E-state index in [1.165, 1.54) is 103 Å². The van der Waals surface area contributed by atoms with E-state index in [9.17, 15) is 0 Å². The molecule has 133 valence electrons. The summed E-state index contributed by atoms with van der Waals surface area (Å²) in [6, 6.07) is 0. The highest BCUT2D eigenvalue weighted by molar-refractivity contribution is 4.50. The Morgan fingerprint density at radius 2 is 0.909 bits per heavy atom. The van der Waals surface area contributed by atoms with E-state index in [2.05, 4.69) is 24.7 Å². The molecule has 2 heteroatoms. The summed E-state index contributed by atoms with van der Waals surface area (Å²) in [6.07, 6.45) is 22.4. The van der Waals surface area contributed by atoms with Crippen LogP contribution < -0.4 is 10.9 Å². The van der Waals surface area contributed by atoms with Gasteiger partial charge in [-0.2, -0.15) is 5.43 Å². The summed E-state index contributed by atoms with van der Waals surface area (Å²) >= 11 is 0. The van der Waals surface area contributed by atoms with Crippen LogP contribution in [-0.2, 0) is 0 Å². The molecule has 1 radical (unpaired) electrons. The molecule has 0 aliphatic heterocycles. The van der Waals surface area contributed by atoms with Crippen molar-refractivity contribution in [3.63, 3.8) is 0 Å². The van der Waals surface area contributed by atoms with Crippen molar-refractivity contribution in [2.24, 2.45) is 0 Å². The third-order valence-corrected chi connectivity index (χ3v) is 4.38. The highest BCUT2D eigenvalue weighted by atomic mass is 15.3. The second kappa shape index (κ2) is 20.9. The van der Waals surface area contributed by atoms with Gasteiger partial charge in [0.25, 0.3) is 0 Å². The Morgan fingerprint density at radius 3 is 1.36 bits per heavy atom. The molecule has 0 aliphatic rings. The average Bonchev–Trinajstić information content (AvgIpc) is 2.54. The van der Waals surface area contributed by atoms with Crippen LogP contribution in [0.15, 0.2) is 0 Å². The minimum absolute atomic E-state index is 1.00. The van der Waals surface area contributed by atoms with Crippen LogP contribution in [0.5, 0.6) is 0 Å². The molecule has 0 saturated carbocycles. The number of nitrogens with zero attached hydrogens (tertiary/aromatic N) is 1. The largest absolute Gasteiger partial charge is 0.240 e. The van der Waals surface area contributed by atoms with E-state index in [-0.39, 0.29) is 0 Å². The van der Waals surface area contributed by atoms with Gasteiger partial charge < -0.3 is 0 Å². The summed E-state index contributed by atoms with van der Waals surface area (Å²) in [7, 11) is 0. The maximum Gasteiger partial charge on any atom is 0.0304 e. The fraction of sp³-hybridized carbons (Fsp3) is 1.00. The van der Waals surface area contributed by atoms with Crippen molar-refractivity contribution in [2.45, 2.75) is 117 Å². The quantitative estimate of drug-likeness (QED) is 0.217. The smallest absolute Gasteiger partial charge is 0.0304 e. The Kier molecular flexibility index (Phi) is 20.8. The molecule has 1 N–H and O–H groups in total. The molecule has 22 heavy (non-hydrogen) atoms. The van der Waals surface area contributed by atoms with Gasteiger partial charge in [0.05, 0.1) is 0 Å². The van der Waals surface area contributed by atoms with Crippen LogP contribution >= 0.6 is 0 Å². The second-order valence-corrected chi connectivity index (χ2v) is 6.74. The molecule has 2 nitrogen and oxygen atoms in total. The van der Waals surface area contributed by atoms with Crippen LogP contribution in [0.1, 0.15) is 117 Å². The molecule has 0 aromatic heterocycles. The molecule has 0 amide bonds. The number of unbranched alkanes of at least 4 members (excludes halogenated alkanes) is 14. The van der Waals surface area contributed by atoms with Crippen molar-refractivity contribution in [3.05, 3.63) is 0 Å². The minimum atomic E-state index is 1.00. The SMILES string of the molecule is CCCCCCCCCCCCCCCC[N]NCCCC. The van der Waals surface area contributed by atoms with E-state index < -0.39 is 0 Å². The molecule has 0 atom stereocenters. The van der Waals surface area contributed by atoms with Gasteiger partial charge in [-0.15, -0.1) is 0 Å². The van der Waals surface area contributed by atoms with E-state index in [0.717, 1.165) is 13.1 Å². The lowest BCUT2D eigenvalue weighted by Crippen LogP contribution is -2.26. The van der Waals surface area contributed by atoms with E-state index in [0.29, 0.717) is 0 Å². The Morgan fingerprint density at radius 1 is 0.500 bits per heavy atom. The van der Waals surface area contributed by atoms with Gasteiger partial charge in [0.1, 0.15) is 0 Å². The van der Waals surface area contributed by atoms with Gasteiger partial charge >= 0.3 is 0 Å². The molecular formula is C20H43N2. The summed E-state index contributed by atoms with van der Waals surface area (Å²) in [5.41, 5.74) is 7.51. The Balaban J connectivity index is 2.91. The number of rotatable bonds is 19. The Bertz CT molecular complexity index is 163. The van der Waals surface area contributed by atoms with Crippen LogP contribution in [0.3, 0.4) is 0 Å². The third kappa shape index (κ3) is 19.9. The zero-order chi connectivity index (χ0) is 16.1. The maximum atomic E-state index is 4.35. The lowest BCUT2D eigenvalue weighted by Gasteiger charge is -2.04. The first-order valence-electron chi connectivity index (χ1n) is 10.3. The van der Waals surface area contributed by atoms with E-state index in [1.54, 1.807) is 0 Å². The fourth-order valence-electron chi connectivity index (χ4n) is 2.80. The molecule has 0 aromatic carbocycles. The summed E-state index contributed by atoms with van der Waals surface area (Å²) in [5.74, 6) is 0. The molecule has 0 spiro atoms. The van der Waals surface area contributed by atoms with Gasteiger partial charge in [0, 0.05) is 13.1 Å². The molecule has 0 aliphatic carbocycles. The predicted octanol–water partition coefficient (Wildman–Crippen LogP) is 6.38. The second-order valence-electron chi connectivity index (χ2n) is 6.74. The van der Waals surface area contributed by atoms with Crippen molar-refractivity contribution < 1.29 is 0 Å². The fourth-order valence-corrected chi connectivity index (χ4v) is 2.80. The molecule has 0 bridgehead atoms. The van der Waals surface area contributed by atoms with Gasteiger partial charge in [-0.1, -0.05) is 104 Å². The zero-order valence-corrected chi connectivity index (χ0v) is 15.7. The van der Waals surface area contributed by atoms with Gasteiger partial charge in [-0.3, -0.25) is 0 Å². The number of nitrogens with one attached hydrogen (secondary N) is 1. The van der Waals surface area contributed by atoms with Crippen LogP contribution in [-0.4, -0.2) is 13.1 Å². The van der Waals surface area contributed by atoms with Crippen molar-refractivity contribution in [1.29, 1.82) is 0 Å². The Labute approximate surface area is 141 Å². The lowest BCUT2D eigenvalue weighted by atomic mass is 10.0. The molecule has 0 heterocycles. The lowest BCUT2D eigenvalue weighted by molar-refractivity contribution is 0.479. The number of hydrogen-bond donors (Lipinski definition) is 1. The Hall–Kier alpha value is -0.0800. The number of hydrogen-bond acceptors (Lipinski definition) is 1. The standard InChI is InChI=1S/C20H43N2/c1-3-5-7-8-9-10-11-12-13-14-15-16-17-18-20-22-21-19-6-4-2/h21H,3-20H2,1-2H3. The van der Waals surface area contributed by atoms with Gasteiger partial charge in [-0.05, 0) is 12.8 Å². The van der Waals surface area contributed by atoms with Crippen molar-refractivity contribution in [2.75, 3.05) is 13.1 Å². The summed E-state index contributed by atoms with van der Waals surface area (Å²) < 4.78 is 0. The van der Waals surface area contributed by atoms with E-state index in [1.807, 2.05) is 0 Å². The molecule has 0 saturated heterocycles. The van der Waals surface area contributed by atoms with Crippen LogP contribution in [0.4, 0.5) is 0 Å². The molecule has 0 rings (SSSR count). The van der Waals surface area contributed by atoms with E-state index in [4.69, 9.17) is 0 Å². The first-order chi connectivity index (χ1) is 10.9. The highest BCUT2D eigenvalue weighted by Gasteiger charge is 1.94. The normalized spacial score (nSPS) is 11.2. The van der Waals surface area contributed by atoms with Crippen molar-refractivity contribution in [3.8, 4) is 0 Å². The molecule has 0 fully saturated rings. The highest BCUT2D eigenvalue weighted by Crippen LogP contribution is 2.12. The monoisotopic (exact) mass is 311 g/mol. The summed E-state index contributed by atoms with van der Waals surface area (Å²) in [5, 5.41) is 0. The first-order valence-corrected chi connectivity index (χ1v) is 10.3. The summed E-state index contributed by atoms with van der Waals surface area (Å²) in [4.78, 5) is 0.